The molecule has 0 saturated heterocycles. The third kappa shape index (κ3) is 5.36. The molecule has 6 nitrogen and oxygen atoms in total. The molecule has 0 radical (unpaired) electrons. The van der Waals surface area contributed by atoms with Gasteiger partial charge in [-0.05, 0) is 49.1 Å². The van der Waals surface area contributed by atoms with Crippen LogP contribution in [0, 0.1) is 10.1 Å². The predicted octanol–water partition coefficient (Wildman–Crippen LogP) is 5.26. The number of benzene rings is 2. The fourth-order valence-electron chi connectivity index (χ4n) is 3.35. The molecular formula is C21H25ClN2O4. The first kappa shape index (κ1) is 20.4. The first-order chi connectivity index (χ1) is 13.6. The van der Waals surface area contributed by atoms with Gasteiger partial charge in [0.05, 0.1) is 11.5 Å². The molecule has 3 rings (SSSR count). The van der Waals surface area contributed by atoms with Crippen LogP contribution in [0.15, 0.2) is 36.4 Å². The average Bonchev–Trinajstić information content (AvgIpc) is 3.21. The number of nitro benzene ring substituents is 1. The van der Waals surface area contributed by atoms with Gasteiger partial charge in [-0.1, -0.05) is 24.4 Å². The van der Waals surface area contributed by atoms with Crippen molar-refractivity contribution in [1.82, 2.24) is 5.32 Å². The monoisotopic (exact) mass is 404 g/mol. The fraction of sp³-hybridized carbons (Fsp3) is 0.429. The molecule has 150 valence electrons. The maximum atomic E-state index is 10.8. The minimum Gasteiger partial charge on any atom is -0.490 e. The highest BCUT2D eigenvalue weighted by Crippen LogP contribution is 2.34. The summed E-state index contributed by atoms with van der Waals surface area (Å²) in [4.78, 5) is 10.3. The third-order valence-corrected chi connectivity index (χ3v) is 5.24. The Morgan fingerprint density at radius 1 is 1.14 bits per heavy atom. The number of hydrogen-bond donors (Lipinski definition) is 1. The Bertz CT molecular complexity index is 805. The van der Waals surface area contributed by atoms with Crippen molar-refractivity contribution >= 4 is 17.3 Å². The van der Waals surface area contributed by atoms with E-state index < -0.39 is 4.92 Å². The summed E-state index contributed by atoms with van der Waals surface area (Å²) in [5.41, 5.74) is 1.87. The van der Waals surface area contributed by atoms with Gasteiger partial charge < -0.3 is 14.8 Å². The second-order valence-corrected chi connectivity index (χ2v) is 7.31. The van der Waals surface area contributed by atoms with Crippen LogP contribution in [-0.2, 0) is 13.2 Å². The quantitative estimate of drug-likeness (QED) is 0.456. The third-order valence-electron chi connectivity index (χ3n) is 4.89. The lowest BCUT2D eigenvalue weighted by atomic mass is 10.1. The Labute approximate surface area is 170 Å². The lowest BCUT2D eigenvalue weighted by molar-refractivity contribution is -0.384. The van der Waals surface area contributed by atoms with E-state index in [-0.39, 0.29) is 12.3 Å². The molecule has 7 heteroatoms. The van der Waals surface area contributed by atoms with Crippen molar-refractivity contribution in [3.05, 3.63) is 62.7 Å². The highest BCUT2D eigenvalue weighted by atomic mass is 35.5. The molecule has 0 atom stereocenters. The van der Waals surface area contributed by atoms with Crippen LogP contribution in [0.4, 0.5) is 5.69 Å². The molecule has 0 spiro atoms. The number of nitro groups is 1. The van der Waals surface area contributed by atoms with Crippen molar-refractivity contribution in [2.75, 3.05) is 6.61 Å². The molecule has 1 fully saturated rings. The van der Waals surface area contributed by atoms with Gasteiger partial charge in [-0.15, -0.1) is 0 Å². The zero-order valence-electron chi connectivity index (χ0n) is 15.9. The van der Waals surface area contributed by atoms with E-state index in [0.717, 1.165) is 11.1 Å². The summed E-state index contributed by atoms with van der Waals surface area (Å²) in [6.07, 6.45) is 4.99. The molecule has 28 heavy (non-hydrogen) atoms. The molecule has 0 amide bonds. The molecule has 0 unspecified atom stereocenters. The Balaban J connectivity index is 1.68. The van der Waals surface area contributed by atoms with E-state index in [9.17, 15) is 10.1 Å². The van der Waals surface area contributed by atoms with Gasteiger partial charge in [0.1, 0.15) is 6.61 Å². The summed E-state index contributed by atoms with van der Waals surface area (Å²) in [5.74, 6) is 1.21. The highest BCUT2D eigenvalue weighted by molar-refractivity contribution is 6.31. The molecule has 0 aromatic heterocycles. The van der Waals surface area contributed by atoms with Gasteiger partial charge in [-0.25, -0.2) is 0 Å². The number of ether oxygens (including phenoxy) is 2. The summed E-state index contributed by atoms with van der Waals surface area (Å²) in [5, 5.41) is 14.9. The van der Waals surface area contributed by atoms with Gasteiger partial charge in [0.25, 0.3) is 5.69 Å². The van der Waals surface area contributed by atoms with Gasteiger partial charge in [-0.3, -0.25) is 10.1 Å². The second kappa shape index (κ2) is 9.75. The highest BCUT2D eigenvalue weighted by Gasteiger charge is 2.16. The van der Waals surface area contributed by atoms with Crippen LogP contribution in [0.1, 0.15) is 43.7 Å². The van der Waals surface area contributed by atoms with Crippen molar-refractivity contribution in [3.63, 3.8) is 0 Å². The molecule has 2 aromatic rings. The van der Waals surface area contributed by atoms with Crippen LogP contribution in [0.3, 0.4) is 0 Å². The van der Waals surface area contributed by atoms with Crippen molar-refractivity contribution < 1.29 is 14.4 Å². The van der Waals surface area contributed by atoms with Crippen molar-refractivity contribution in [2.45, 2.75) is 51.8 Å². The maximum absolute atomic E-state index is 10.8. The van der Waals surface area contributed by atoms with E-state index in [1.54, 1.807) is 18.2 Å². The molecule has 1 saturated carbocycles. The van der Waals surface area contributed by atoms with Crippen LogP contribution in [-0.4, -0.2) is 17.6 Å². The Hall–Kier alpha value is -2.31. The molecule has 1 aliphatic carbocycles. The van der Waals surface area contributed by atoms with Crippen LogP contribution in [0.25, 0.3) is 0 Å². The summed E-state index contributed by atoms with van der Waals surface area (Å²) < 4.78 is 11.6. The zero-order chi connectivity index (χ0) is 19.9. The molecule has 0 bridgehead atoms. The summed E-state index contributed by atoms with van der Waals surface area (Å²) in [6.45, 7) is 3.41. The minimum absolute atomic E-state index is 0.0564. The van der Waals surface area contributed by atoms with E-state index in [1.807, 2.05) is 13.0 Å². The molecule has 0 heterocycles. The Morgan fingerprint density at radius 2 is 1.82 bits per heavy atom. The molecule has 1 aliphatic rings. The largest absolute Gasteiger partial charge is 0.490 e. The SMILES string of the molecule is CCOc1cc(CNC2CCCC2)c(Cl)cc1OCc1ccc([N+](=O)[O-])cc1. The van der Waals surface area contributed by atoms with Crippen molar-refractivity contribution in [3.8, 4) is 11.5 Å². The lowest BCUT2D eigenvalue weighted by Gasteiger charge is -2.17. The summed E-state index contributed by atoms with van der Waals surface area (Å²) >= 11 is 6.47. The van der Waals surface area contributed by atoms with E-state index in [4.69, 9.17) is 21.1 Å². The average molecular weight is 405 g/mol. The van der Waals surface area contributed by atoms with Crippen LogP contribution >= 0.6 is 11.6 Å². The standard InChI is InChI=1S/C21H25ClN2O4/c1-2-27-20-11-16(13-23-17-5-3-4-6-17)19(22)12-21(20)28-14-15-7-9-18(10-8-15)24(25)26/h7-12,17,23H,2-6,13-14H2,1H3. The zero-order valence-corrected chi connectivity index (χ0v) is 16.7. The van der Waals surface area contributed by atoms with Crippen LogP contribution in [0.5, 0.6) is 11.5 Å². The van der Waals surface area contributed by atoms with E-state index in [1.165, 1.54) is 37.8 Å². The van der Waals surface area contributed by atoms with E-state index in [2.05, 4.69) is 5.32 Å². The first-order valence-corrected chi connectivity index (χ1v) is 9.99. The van der Waals surface area contributed by atoms with Crippen LogP contribution in [0.2, 0.25) is 5.02 Å². The van der Waals surface area contributed by atoms with Crippen molar-refractivity contribution in [1.29, 1.82) is 0 Å². The maximum Gasteiger partial charge on any atom is 0.269 e. The van der Waals surface area contributed by atoms with Gasteiger partial charge >= 0.3 is 0 Å². The van der Waals surface area contributed by atoms with E-state index in [0.29, 0.717) is 35.7 Å². The normalized spacial score (nSPS) is 14.2. The van der Waals surface area contributed by atoms with Gasteiger partial charge in [0.15, 0.2) is 11.5 Å². The van der Waals surface area contributed by atoms with Gasteiger partial charge in [0.2, 0.25) is 0 Å². The lowest BCUT2D eigenvalue weighted by Crippen LogP contribution is -2.25. The Kier molecular flexibility index (Phi) is 7.12. The topological polar surface area (TPSA) is 73.6 Å². The number of halogens is 1. The smallest absolute Gasteiger partial charge is 0.269 e. The van der Waals surface area contributed by atoms with Gasteiger partial charge in [0, 0.05) is 35.8 Å². The minimum atomic E-state index is -0.421. The van der Waals surface area contributed by atoms with Gasteiger partial charge in [-0.2, -0.15) is 0 Å². The fourth-order valence-corrected chi connectivity index (χ4v) is 3.57. The number of non-ortho nitro benzene ring substituents is 1. The second-order valence-electron chi connectivity index (χ2n) is 6.90. The number of rotatable bonds is 9. The number of hydrogen-bond acceptors (Lipinski definition) is 5. The Morgan fingerprint density at radius 3 is 2.46 bits per heavy atom. The molecule has 2 aromatic carbocycles. The van der Waals surface area contributed by atoms with E-state index >= 15 is 0 Å². The summed E-state index contributed by atoms with van der Waals surface area (Å²) in [7, 11) is 0. The van der Waals surface area contributed by atoms with Crippen LogP contribution < -0.4 is 14.8 Å². The molecule has 0 aliphatic heterocycles. The number of nitrogens with zero attached hydrogens (tertiary/aromatic N) is 1. The first-order valence-electron chi connectivity index (χ1n) is 9.61. The molecular weight excluding hydrogens is 380 g/mol. The number of nitrogens with one attached hydrogen (secondary N) is 1. The summed E-state index contributed by atoms with van der Waals surface area (Å²) in [6, 6.07) is 10.6. The molecule has 1 N–H and O–H groups in total. The van der Waals surface area contributed by atoms with Crippen molar-refractivity contribution in [2.24, 2.45) is 0 Å². The predicted molar refractivity (Wildman–Crippen MR) is 109 cm³/mol.